The molecule has 0 atom stereocenters. The molecule has 1 heterocycles. The van der Waals surface area contributed by atoms with E-state index in [2.05, 4.69) is 15.2 Å². The Balaban J connectivity index is 2.22. The van der Waals surface area contributed by atoms with Gasteiger partial charge in [-0.15, -0.1) is 5.10 Å². The van der Waals surface area contributed by atoms with Gasteiger partial charge in [-0.05, 0) is 24.3 Å². The van der Waals surface area contributed by atoms with E-state index in [1.54, 1.807) is 36.4 Å². The highest BCUT2D eigenvalue weighted by Crippen LogP contribution is 2.35. The van der Waals surface area contributed by atoms with Crippen molar-refractivity contribution in [1.29, 1.82) is 0 Å². The van der Waals surface area contributed by atoms with Gasteiger partial charge in [-0.25, -0.2) is 0 Å². The van der Waals surface area contributed by atoms with Crippen LogP contribution in [0.5, 0.6) is 6.01 Å². The zero-order chi connectivity index (χ0) is 17.3. The zero-order valence-corrected chi connectivity index (χ0v) is 15.2. The fourth-order valence-electron chi connectivity index (χ4n) is 2.08. The van der Waals surface area contributed by atoms with Crippen LogP contribution in [-0.2, 0) is 0 Å². The number of hydrogen-bond acceptors (Lipinski definition) is 4. The number of benzene rings is 2. The fraction of sp³-hybridized carbons (Fsp3) is 0.0625. The maximum atomic E-state index is 6.12. The summed E-state index contributed by atoms with van der Waals surface area (Å²) in [6, 6.07) is 10.5. The molecule has 3 rings (SSSR count). The maximum Gasteiger partial charge on any atom is 0.336 e. The standard InChI is InChI=1S/C16H9Cl4N3O/c1-24-16-21-14(8-2-4-10(17)12(19)6-8)15(22-23-16)9-3-5-11(18)13(20)7-9/h2-7H,1H3. The number of hydrogen-bond donors (Lipinski definition) is 0. The predicted molar refractivity (Wildman–Crippen MR) is 97.3 cm³/mol. The van der Waals surface area contributed by atoms with Crippen molar-refractivity contribution in [2.45, 2.75) is 0 Å². The van der Waals surface area contributed by atoms with Crippen LogP contribution in [0.4, 0.5) is 0 Å². The molecule has 0 saturated carbocycles. The topological polar surface area (TPSA) is 47.9 Å². The van der Waals surface area contributed by atoms with Gasteiger partial charge in [0.15, 0.2) is 0 Å². The molecular formula is C16H9Cl4N3O. The molecule has 0 bridgehead atoms. The van der Waals surface area contributed by atoms with E-state index in [1.165, 1.54) is 7.11 Å². The average molecular weight is 401 g/mol. The lowest BCUT2D eigenvalue weighted by atomic mass is 10.0. The Hall–Kier alpha value is -1.59. The van der Waals surface area contributed by atoms with E-state index >= 15 is 0 Å². The first-order valence-electron chi connectivity index (χ1n) is 6.69. The SMILES string of the molecule is COc1nnc(-c2ccc(Cl)c(Cl)c2)c(-c2ccc(Cl)c(Cl)c2)n1. The Morgan fingerprint density at radius 3 is 1.75 bits per heavy atom. The minimum absolute atomic E-state index is 0.139. The Morgan fingerprint density at radius 2 is 1.25 bits per heavy atom. The van der Waals surface area contributed by atoms with Gasteiger partial charge < -0.3 is 4.74 Å². The third-order valence-corrected chi connectivity index (χ3v) is 4.71. The summed E-state index contributed by atoms with van der Waals surface area (Å²) in [6.07, 6.45) is 0. The molecular weight excluding hydrogens is 392 g/mol. The van der Waals surface area contributed by atoms with Crippen LogP contribution in [-0.4, -0.2) is 22.3 Å². The molecule has 4 nitrogen and oxygen atoms in total. The van der Waals surface area contributed by atoms with Gasteiger partial charge in [-0.1, -0.05) is 63.6 Å². The van der Waals surface area contributed by atoms with Crippen molar-refractivity contribution in [2.24, 2.45) is 0 Å². The molecule has 0 aliphatic carbocycles. The summed E-state index contributed by atoms with van der Waals surface area (Å²) in [4.78, 5) is 4.39. The molecule has 0 saturated heterocycles. The van der Waals surface area contributed by atoms with E-state index in [1.807, 2.05) is 0 Å². The van der Waals surface area contributed by atoms with Crippen LogP contribution in [0.2, 0.25) is 20.1 Å². The van der Waals surface area contributed by atoms with E-state index in [4.69, 9.17) is 51.1 Å². The highest BCUT2D eigenvalue weighted by atomic mass is 35.5. The molecule has 0 spiro atoms. The molecule has 0 unspecified atom stereocenters. The van der Waals surface area contributed by atoms with Gasteiger partial charge in [0.05, 0.1) is 27.2 Å². The quantitative estimate of drug-likeness (QED) is 0.555. The third kappa shape index (κ3) is 3.42. The van der Waals surface area contributed by atoms with E-state index in [0.717, 1.165) is 5.56 Å². The first-order valence-corrected chi connectivity index (χ1v) is 8.20. The summed E-state index contributed by atoms with van der Waals surface area (Å²) in [5.74, 6) is 0. The lowest BCUT2D eigenvalue weighted by Gasteiger charge is -2.10. The Morgan fingerprint density at radius 1 is 0.708 bits per heavy atom. The second kappa shape index (κ2) is 7.11. The Kier molecular flexibility index (Phi) is 5.11. The molecule has 0 aliphatic rings. The largest absolute Gasteiger partial charge is 0.466 e. The summed E-state index contributed by atoms with van der Waals surface area (Å²) in [5, 5.41) is 9.85. The monoisotopic (exact) mass is 399 g/mol. The van der Waals surface area contributed by atoms with Gasteiger partial charge in [-0.2, -0.15) is 4.98 Å². The molecule has 3 aromatic rings. The normalized spacial score (nSPS) is 10.7. The summed E-state index contributed by atoms with van der Waals surface area (Å²) in [6.45, 7) is 0. The summed E-state index contributed by atoms with van der Waals surface area (Å²) >= 11 is 24.2. The summed E-state index contributed by atoms with van der Waals surface area (Å²) < 4.78 is 5.07. The minimum Gasteiger partial charge on any atom is -0.466 e. The maximum absolute atomic E-state index is 6.12. The van der Waals surface area contributed by atoms with E-state index in [-0.39, 0.29) is 6.01 Å². The zero-order valence-electron chi connectivity index (χ0n) is 12.2. The van der Waals surface area contributed by atoms with E-state index in [9.17, 15) is 0 Å². The van der Waals surface area contributed by atoms with Gasteiger partial charge >= 0.3 is 6.01 Å². The molecule has 122 valence electrons. The Labute approximate surface area is 158 Å². The van der Waals surface area contributed by atoms with Crippen molar-refractivity contribution in [1.82, 2.24) is 15.2 Å². The van der Waals surface area contributed by atoms with Gasteiger partial charge in [0.2, 0.25) is 0 Å². The molecule has 24 heavy (non-hydrogen) atoms. The van der Waals surface area contributed by atoms with Crippen LogP contribution in [0, 0.1) is 0 Å². The van der Waals surface area contributed by atoms with Gasteiger partial charge in [0.1, 0.15) is 11.4 Å². The van der Waals surface area contributed by atoms with E-state index < -0.39 is 0 Å². The van der Waals surface area contributed by atoms with Gasteiger partial charge in [-0.3, -0.25) is 0 Å². The molecule has 0 fully saturated rings. The van der Waals surface area contributed by atoms with Crippen LogP contribution in [0.3, 0.4) is 0 Å². The first kappa shape index (κ1) is 17.2. The van der Waals surface area contributed by atoms with Gasteiger partial charge in [0, 0.05) is 11.1 Å². The lowest BCUT2D eigenvalue weighted by Crippen LogP contribution is -2.00. The number of methoxy groups -OCH3 is 1. The summed E-state index contributed by atoms with van der Waals surface area (Å²) in [5.41, 5.74) is 2.50. The molecule has 0 aliphatic heterocycles. The number of halogens is 4. The van der Waals surface area contributed by atoms with Crippen LogP contribution >= 0.6 is 46.4 Å². The van der Waals surface area contributed by atoms with Crippen LogP contribution in [0.25, 0.3) is 22.5 Å². The van der Waals surface area contributed by atoms with Crippen molar-refractivity contribution in [2.75, 3.05) is 7.11 Å². The highest BCUT2D eigenvalue weighted by molar-refractivity contribution is 6.42. The van der Waals surface area contributed by atoms with Crippen molar-refractivity contribution in [3.8, 4) is 28.5 Å². The minimum atomic E-state index is 0.139. The molecule has 8 heteroatoms. The van der Waals surface area contributed by atoms with Crippen LogP contribution < -0.4 is 4.74 Å². The average Bonchev–Trinajstić information content (AvgIpc) is 2.59. The van der Waals surface area contributed by atoms with Gasteiger partial charge in [0.25, 0.3) is 0 Å². The molecule has 1 aromatic heterocycles. The fourth-order valence-corrected chi connectivity index (χ4v) is 2.68. The second-order valence-electron chi connectivity index (χ2n) is 4.75. The number of rotatable bonds is 3. The van der Waals surface area contributed by atoms with Crippen molar-refractivity contribution < 1.29 is 4.74 Å². The number of aromatic nitrogens is 3. The number of ether oxygens (including phenoxy) is 1. The summed E-state index contributed by atoms with van der Waals surface area (Å²) in [7, 11) is 1.47. The lowest BCUT2D eigenvalue weighted by molar-refractivity contribution is 0.374. The molecule has 2 aromatic carbocycles. The smallest absolute Gasteiger partial charge is 0.336 e. The van der Waals surface area contributed by atoms with Crippen molar-refractivity contribution >= 4 is 46.4 Å². The van der Waals surface area contributed by atoms with Crippen molar-refractivity contribution in [3.05, 3.63) is 56.5 Å². The number of nitrogens with zero attached hydrogens (tertiary/aromatic N) is 3. The van der Waals surface area contributed by atoms with E-state index in [0.29, 0.717) is 37.0 Å². The van der Waals surface area contributed by atoms with Crippen LogP contribution in [0.15, 0.2) is 36.4 Å². The van der Waals surface area contributed by atoms with Crippen molar-refractivity contribution in [3.63, 3.8) is 0 Å². The third-order valence-electron chi connectivity index (χ3n) is 3.24. The molecule has 0 radical (unpaired) electrons. The molecule has 0 amide bonds. The molecule has 0 N–H and O–H groups in total. The Bertz CT molecular complexity index is 918. The second-order valence-corrected chi connectivity index (χ2v) is 6.38. The first-order chi connectivity index (χ1) is 11.5. The predicted octanol–water partition coefficient (Wildman–Crippen LogP) is 5.83. The highest BCUT2D eigenvalue weighted by Gasteiger charge is 2.16. The van der Waals surface area contributed by atoms with Crippen LogP contribution in [0.1, 0.15) is 0 Å².